The fraction of sp³-hybridized carbons (Fsp3) is 0.125. The summed E-state index contributed by atoms with van der Waals surface area (Å²) in [5.74, 6) is -1.60. The first-order valence-electron chi connectivity index (χ1n) is 4.38. The molecule has 10 heteroatoms. The highest BCUT2D eigenvalue weighted by atomic mass is 32.2. The average molecular weight is 295 g/mol. The topological polar surface area (TPSA) is 138 Å². The van der Waals surface area contributed by atoms with E-state index in [1.807, 2.05) is 4.72 Å². The molecule has 1 aromatic rings. The molecule has 1 rings (SSSR count). The largest absolute Gasteiger partial charge is 0.478 e. The molecule has 0 bridgehead atoms. The number of hydrogen-bond acceptors (Lipinski definition) is 5. The van der Waals surface area contributed by atoms with Gasteiger partial charge in [-0.15, -0.1) is 0 Å². The number of aromatic carboxylic acids is 1. The summed E-state index contributed by atoms with van der Waals surface area (Å²) in [7, 11) is -7.68. The molecule has 8 nitrogen and oxygen atoms in total. The van der Waals surface area contributed by atoms with Crippen molar-refractivity contribution in [1.29, 1.82) is 0 Å². The quantitative estimate of drug-likeness (QED) is 0.639. The van der Waals surface area contributed by atoms with Crippen molar-refractivity contribution < 1.29 is 31.3 Å². The number of carbonyl (C=O) groups is 1. The molecule has 18 heavy (non-hydrogen) atoms. The van der Waals surface area contributed by atoms with E-state index in [2.05, 4.69) is 0 Å². The molecule has 0 aromatic heterocycles. The smallest absolute Gasteiger partial charge is 0.337 e. The Morgan fingerprint density at radius 3 is 2.17 bits per heavy atom. The lowest BCUT2D eigenvalue weighted by Gasteiger charge is -2.06. The second kappa shape index (κ2) is 4.65. The molecule has 0 aliphatic rings. The predicted octanol–water partition coefficient (Wildman–Crippen LogP) is -0.460. The van der Waals surface area contributed by atoms with Gasteiger partial charge in [0.15, 0.2) is 0 Å². The van der Waals surface area contributed by atoms with E-state index in [0.717, 1.165) is 19.2 Å². The van der Waals surface area contributed by atoms with Crippen LogP contribution in [0.15, 0.2) is 28.0 Å². The molecule has 100 valence electrons. The summed E-state index contributed by atoms with van der Waals surface area (Å²) >= 11 is 0. The summed E-state index contributed by atoms with van der Waals surface area (Å²) in [5.41, 5.74) is -0.715. The van der Waals surface area contributed by atoms with Crippen molar-refractivity contribution in [2.24, 2.45) is 0 Å². The average Bonchev–Trinajstić information content (AvgIpc) is 2.27. The fourth-order valence-electron chi connectivity index (χ4n) is 1.18. The third kappa shape index (κ3) is 2.85. The summed E-state index contributed by atoms with van der Waals surface area (Å²) < 4.78 is 55.7. The van der Waals surface area contributed by atoms with Crippen LogP contribution in [0.1, 0.15) is 10.4 Å². The third-order valence-corrected chi connectivity index (χ3v) is 4.35. The summed E-state index contributed by atoms with van der Waals surface area (Å²) in [6.45, 7) is 0. The first-order chi connectivity index (χ1) is 8.09. The van der Waals surface area contributed by atoms with Crippen molar-refractivity contribution in [2.75, 3.05) is 7.05 Å². The molecule has 0 aliphatic carbocycles. The molecule has 0 amide bonds. The Morgan fingerprint density at radius 2 is 1.78 bits per heavy atom. The molecule has 0 fully saturated rings. The molecule has 0 spiro atoms. The standard InChI is InChI=1S/C8H9NO7S2/c1-9-17(12,13)5-2-3-6(8(10)11)7(4-5)18(14,15)16/h2-4,9H,1H3,(H,10,11)(H,14,15,16). The molecular formula is C8H9NO7S2. The van der Waals surface area contributed by atoms with Crippen LogP contribution in [0.2, 0.25) is 0 Å². The van der Waals surface area contributed by atoms with Gasteiger partial charge in [0.25, 0.3) is 10.1 Å². The van der Waals surface area contributed by atoms with Crippen LogP contribution >= 0.6 is 0 Å². The van der Waals surface area contributed by atoms with E-state index in [0.29, 0.717) is 6.07 Å². The van der Waals surface area contributed by atoms with Gasteiger partial charge in [-0.3, -0.25) is 4.55 Å². The molecule has 0 radical (unpaired) electrons. The maximum Gasteiger partial charge on any atom is 0.337 e. The van der Waals surface area contributed by atoms with E-state index in [-0.39, 0.29) is 0 Å². The summed E-state index contributed by atoms with van der Waals surface area (Å²) in [5, 5.41) is 8.74. The highest BCUT2D eigenvalue weighted by Crippen LogP contribution is 2.20. The van der Waals surface area contributed by atoms with Gasteiger partial charge in [-0.1, -0.05) is 0 Å². The minimum Gasteiger partial charge on any atom is -0.478 e. The van der Waals surface area contributed by atoms with Crippen LogP contribution in [0.25, 0.3) is 0 Å². The van der Waals surface area contributed by atoms with Crippen LogP contribution in [0.5, 0.6) is 0 Å². The second-order valence-corrected chi connectivity index (χ2v) is 6.42. The molecule has 0 heterocycles. The lowest BCUT2D eigenvalue weighted by atomic mass is 10.2. The van der Waals surface area contributed by atoms with Gasteiger partial charge in [0.2, 0.25) is 10.0 Å². The molecule has 0 saturated carbocycles. The molecule has 0 atom stereocenters. The molecular weight excluding hydrogens is 286 g/mol. The Labute approximate surface area is 103 Å². The van der Waals surface area contributed by atoms with Gasteiger partial charge in [-0.05, 0) is 25.2 Å². The van der Waals surface area contributed by atoms with Gasteiger partial charge in [0, 0.05) is 0 Å². The van der Waals surface area contributed by atoms with E-state index in [9.17, 15) is 21.6 Å². The Balaban J connectivity index is 3.66. The van der Waals surface area contributed by atoms with Crippen molar-refractivity contribution in [3.63, 3.8) is 0 Å². The number of hydrogen-bond donors (Lipinski definition) is 3. The summed E-state index contributed by atoms with van der Waals surface area (Å²) in [4.78, 5) is 9.31. The summed E-state index contributed by atoms with van der Waals surface area (Å²) in [6.07, 6.45) is 0. The zero-order valence-electron chi connectivity index (χ0n) is 8.98. The zero-order valence-corrected chi connectivity index (χ0v) is 10.6. The fourth-order valence-corrected chi connectivity index (χ4v) is 2.72. The van der Waals surface area contributed by atoms with Crippen LogP contribution < -0.4 is 4.72 Å². The van der Waals surface area contributed by atoms with Crippen molar-refractivity contribution in [1.82, 2.24) is 4.72 Å². The highest BCUT2D eigenvalue weighted by molar-refractivity contribution is 7.89. The van der Waals surface area contributed by atoms with Gasteiger partial charge in [0.05, 0.1) is 10.5 Å². The number of carboxylic acids is 1. The maximum absolute atomic E-state index is 11.4. The van der Waals surface area contributed by atoms with Gasteiger partial charge in [-0.25, -0.2) is 17.9 Å². The van der Waals surface area contributed by atoms with E-state index < -0.39 is 41.5 Å². The monoisotopic (exact) mass is 295 g/mol. The van der Waals surface area contributed by atoms with Gasteiger partial charge < -0.3 is 5.11 Å². The number of nitrogens with one attached hydrogen (secondary N) is 1. The first kappa shape index (κ1) is 14.6. The molecule has 0 saturated heterocycles. The Bertz CT molecular complexity index is 690. The van der Waals surface area contributed by atoms with Crippen molar-refractivity contribution >= 4 is 26.1 Å². The lowest BCUT2D eigenvalue weighted by molar-refractivity contribution is 0.0692. The van der Waals surface area contributed by atoms with Crippen molar-refractivity contribution in [2.45, 2.75) is 9.79 Å². The molecule has 1 aromatic carbocycles. The highest BCUT2D eigenvalue weighted by Gasteiger charge is 2.23. The number of benzene rings is 1. The van der Waals surface area contributed by atoms with Crippen LogP contribution in [0.4, 0.5) is 0 Å². The van der Waals surface area contributed by atoms with Crippen LogP contribution in [0.3, 0.4) is 0 Å². The minimum atomic E-state index is -4.84. The Morgan fingerprint density at radius 1 is 1.22 bits per heavy atom. The van der Waals surface area contributed by atoms with E-state index >= 15 is 0 Å². The summed E-state index contributed by atoms with van der Waals surface area (Å²) in [6, 6.07) is 2.28. The van der Waals surface area contributed by atoms with Crippen molar-refractivity contribution in [3.05, 3.63) is 23.8 Å². The van der Waals surface area contributed by atoms with E-state index in [1.165, 1.54) is 0 Å². The minimum absolute atomic E-state index is 0.470. The molecule has 0 aliphatic heterocycles. The van der Waals surface area contributed by atoms with Crippen LogP contribution in [-0.4, -0.2) is 39.5 Å². The van der Waals surface area contributed by atoms with Gasteiger partial charge in [-0.2, -0.15) is 8.42 Å². The maximum atomic E-state index is 11.4. The first-order valence-corrected chi connectivity index (χ1v) is 7.30. The third-order valence-electron chi connectivity index (χ3n) is 2.04. The Kier molecular flexibility index (Phi) is 3.76. The number of sulfonamides is 1. The van der Waals surface area contributed by atoms with Gasteiger partial charge in [0.1, 0.15) is 4.90 Å². The zero-order chi connectivity index (χ0) is 14.1. The SMILES string of the molecule is CNS(=O)(=O)c1ccc(C(=O)O)c(S(=O)(=O)O)c1. The van der Waals surface area contributed by atoms with E-state index in [1.54, 1.807) is 0 Å². The normalized spacial score (nSPS) is 12.3. The molecule has 3 N–H and O–H groups in total. The van der Waals surface area contributed by atoms with Crippen molar-refractivity contribution in [3.8, 4) is 0 Å². The van der Waals surface area contributed by atoms with Crippen LogP contribution in [-0.2, 0) is 20.1 Å². The molecule has 0 unspecified atom stereocenters. The Hall–Kier alpha value is -1.49. The predicted molar refractivity (Wildman–Crippen MR) is 59.5 cm³/mol. The van der Waals surface area contributed by atoms with Crippen LogP contribution in [0, 0.1) is 0 Å². The second-order valence-electron chi connectivity index (χ2n) is 3.15. The van der Waals surface area contributed by atoms with E-state index in [4.69, 9.17) is 9.66 Å². The number of carboxylic acid groups (broad SMARTS) is 1. The van der Waals surface area contributed by atoms with Gasteiger partial charge >= 0.3 is 5.97 Å². The number of rotatable bonds is 4. The lowest BCUT2D eigenvalue weighted by Crippen LogP contribution is -2.19.